The molecule has 0 aliphatic carbocycles. The SMILES string of the molecule is CC(=O)N(CC(=O)OC(C)(C)C)CC1CNCCO1. The van der Waals surface area contributed by atoms with E-state index in [4.69, 9.17) is 9.47 Å². The molecule has 0 aromatic carbocycles. The van der Waals surface area contributed by atoms with Gasteiger partial charge in [-0.05, 0) is 20.8 Å². The third kappa shape index (κ3) is 6.54. The quantitative estimate of drug-likeness (QED) is 0.739. The summed E-state index contributed by atoms with van der Waals surface area (Å²) >= 11 is 0. The Bertz CT molecular complexity index is 319. The lowest BCUT2D eigenvalue weighted by atomic mass is 10.2. The minimum Gasteiger partial charge on any atom is -0.459 e. The van der Waals surface area contributed by atoms with Gasteiger partial charge in [-0.1, -0.05) is 0 Å². The Morgan fingerprint density at radius 3 is 2.58 bits per heavy atom. The summed E-state index contributed by atoms with van der Waals surface area (Å²) in [6, 6.07) is 0. The fourth-order valence-electron chi connectivity index (χ4n) is 1.82. The molecule has 0 saturated carbocycles. The van der Waals surface area contributed by atoms with E-state index in [1.807, 2.05) is 0 Å². The molecule has 110 valence electrons. The molecule has 1 atom stereocenters. The Morgan fingerprint density at radius 2 is 2.11 bits per heavy atom. The molecule has 0 spiro atoms. The first-order chi connectivity index (χ1) is 8.78. The molecule has 1 amide bonds. The monoisotopic (exact) mass is 272 g/mol. The molecule has 1 aliphatic rings. The van der Waals surface area contributed by atoms with Crippen molar-refractivity contribution >= 4 is 11.9 Å². The molecule has 1 unspecified atom stereocenters. The molecule has 1 N–H and O–H groups in total. The third-order valence-corrected chi connectivity index (χ3v) is 2.61. The molecule has 6 nitrogen and oxygen atoms in total. The summed E-state index contributed by atoms with van der Waals surface area (Å²) in [7, 11) is 0. The van der Waals surface area contributed by atoms with E-state index in [2.05, 4.69) is 5.32 Å². The zero-order valence-electron chi connectivity index (χ0n) is 12.2. The van der Waals surface area contributed by atoms with Crippen molar-refractivity contribution in [1.29, 1.82) is 0 Å². The predicted octanol–water partition coefficient (Wildman–Crippen LogP) is 0.165. The highest BCUT2D eigenvalue weighted by Crippen LogP contribution is 2.08. The van der Waals surface area contributed by atoms with Crippen LogP contribution in [0, 0.1) is 0 Å². The number of amides is 1. The lowest BCUT2D eigenvalue weighted by molar-refractivity contribution is -0.159. The lowest BCUT2D eigenvalue weighted by Crippen LogP contribution is -2.48. The molecule has 1 fully saturated rings. The molecule has 1 aliphatic heterocycles. The number of rotatable bonds is 4. The summed E-state index contributed by atoms with van der Waals surface area (Å²) in [5, 5.41) is 3.19. The fraction of sp³-hybridized carbons (Fsp3) is 0.846. The van der Waals surface area contributed by atoms with E-state index in [1.165, 1.54) is 11.8 Å². The molecule has 0 aromatic rings. The number of carbonyl (C=O) groups is 2. The average Bonchev–Trinajstić information content (AvgIpc) is 2.26. The van der Waals surface area contributed by atoms with Gasteiger partial charge in [0.1, 0.15) is 12.1 Å². The number of esters is 1. The van der Waals surface area contributed by atoms with Gasteiger partial charge in [-0.3, -0.25) is 9.59 Å². The molecule has 1 rings (SSSR count). The van der Waals surface area contributed by atoms with Crippen LogP contribution in [-0.4, -0.2) is 61.3 Å². The van der Waals surface area contributed by atoms with E-state index in [0.29, 0.717) is 19.7 Å². The molecule has 1 saturated heterocycles. The first-order valence-corrected chi connectivity index (χ1v) is 6.57. The van der Waals surface area contributed by atoms with Crippen LogP contribution in [0.5, 0.6) is 0 Å². The Hall–Kier alpha value is -1.14. The van der Waals surface area contributed by atoms with Gasteiger partial charge in [-0.25, -0.2) is 0 Å². The van der Waals surface area contributed by atoms with E-state index in [0.717, 1.165) is 6.54 Å². The Morgan fingerprint density at radius 1 is 1.42 bits per heavy atom. The fourth-order valence-corrected chi connectivity index (χ4v) is 1.82. The van der Waals surface area contributed by atoms with Crippen molar-refractivity contribution in [1.82, 2.24) is 10.2 Å². The van der Waals surface area contributed by atoms with Crippen LogP contribution in [0.2, 0.25) is 0 Å². The minimum atomic E-state index is -0.539. The number of carbonyl (C=O) groups excluding carboxylic acids is 2. The lowest BCUT2D eigenvalue weighted by Gasteiger charge is -2.30. The minimum absolute atomic E-state index is 0.0353. The highest BCUT2D eigenvalue weighted by Gasteiger charge is 2.24. The molecule has 6 heteroatoms. The van der Waals surface area contributed by atoms with Crippen molar-refractivity contribution in [3.8, 4) is 0 Å². The Balaban J connectivity index is 2.48. The number of morpholine rings is 1. The van der Waals surface area contributed by atoms with Crippen LogP contribution in [0.3, 0.4) is 0 Å². The van der Waals surface area contributed by atoms with Crippen LogP contribution in [-0.2, 0) is 19.1 Å². The molecule has 19 heavy (non-hydrogen) atoms. The summed E-state index contributed by atoms with van der Waals surface area (Å²) in [5.41, 5.74) is -0.539. The van der Waals surface area contributed by atoms with Crippen molar-refractivity contribution < 1.29 is 19.1 Å². The number of hydrogen-bond donors (Lipinski definition) is 1. The predicted molar refractivity (Wildman–Crippen MR) is 70.7 cm³/mol. The summed E-state index contributed by atoms with van der Waals surface area (Å²) in [6.45, 7) is 9.36. The summed E-state index contributed by atoms with van der Waals surface area (Å²) in [5.74, 6) is -0.550. The zero-order valence-corrected chi connectivity index (χ0v) is 12.2. The standard InChI is InChI=1S/C13H24N2O4/c1-10(16)15(8-11-7-14-5-6-18-11)9-12(17)19-13(2,3)4/h11,14H,5-9H2,1-4H3. The van der Waals surface area contributed by atoms with Gasteiger partial charge in [0.25, 0.3) is 0 Å². The zero-order chi connectivity index (χ0) is 14.5. The van der Waals surface area contributed by atoms with Gasteiger partial charge in [0, 0.05) is 26.6 Å². The first-order valence-electron chi connectivity index (χ1n) is 6.57. The van der Waals surface area contributed by atoms with Gasteiger partial charge in [-0.2, -0.15) is 0 Å². The largest absolute Gasteiger partial charge is 0.459 e. The van der Waals surface area contributed by atoms with E-state index in [-0.39, 0.29) is 18.6 Å². The maximum absolute atomic E-state index is 11.7. The van der Waals surface area contributed by atoms with Crippen LogP contribution in [0.25, 0.3) is 0 Å². The first kappa shape index (κ1) is 15.9. The number of ether oxygens (including phenoxy) is 2. The second-order valence-corrected chi connectivity index (χ2v) is 5.68. The Labute approximate surface area is 114 Å². The van der Waals surface area contributed by atoms with Crippen LogP contribution >= 0.6 is 0 Å². The van der Waals surface area contributed by atoms with E-state index in [1.54, 1.807) is 20.8 Å². The molecule has 0 aromatic heterocycles. The highest BCUT2D eigenvalue weighted by atomic mass is 16.6. The smallest absolute Gasteiger partial charge is 0.326 e. The topological polar surface area (TPSA) is 67.9 Å². The maximum Gasteiger partial charge on any atom is 0.326 e. The van der Waals surface area contributed by atoms with Crippen LogP contribution < -0.4 is 5.32 Å². The molecule has 1 heterocycles. The summed E-state index contributed by atoms with van der Waals surface area (Å²) in [4.78, 5) is 24.8. The van der Waals surface area contributed by atoms with Crippen molar-refractivity contribution in [2.75, 3.05) is 32.8 Å². The van der Waals surface area contributed by atoms with E-state index in [9.17, 15) is 9.59 Å². The molecular formula is C13H24N2O4. The third-order valence-electron chi connectivity index (χ3n) is 2.61. The van der Waals surface area contributed by atoms with Gasteiger partial charge >= 0.3 is 5.97 Å². The van der Waals surface area contributed by atoms with Crippen molar-refractivity contribution in [2.45, 2.75) is 39.4 Å². The summed E-state index contributed by atoms with van der Waals surface area (Å²) < 4.78 is 10.8. The normalized spacial score (nSPS) is 19.9. The Kier molecular flexibility index (Phi) is 5.75. The molecular weight excluding hydrogens is 248 g/mol. The van der Waals surface area contributed by atoms with Gasteiger partial charge < -0.3 is 19.7 Å². The van der Waals surface area contributed by atoms with E-state index < -0.39 is 11.6 Å². The maximum atomic E-state index is 11.7. The van der Waals surface area contributed by atoms with Crippen molar-refractivity contribution in [3.05, 3.63) is 0 Å². The van der Waals surface area contributed by atoms with Crippen molar-refractivity contribution in [2.24, 2.45) is 0 Å². The van der Waals surface area contributed by atoms with Crippen LogP contribution in [0.1, 0.15) is 27.7 Å². The second-order valence-electron chi connectivity index (χ2n) is 5.68. The molecule has 0 radical (unpaired) electrons. The number of nitrogens with zero attached hydrogens (tertiary/aromatic N) is 1. The van der Waals surface area contributed by atoms with Crippen LogP contribution in [0.4, 0.5) is 0 Å². The summed E-state index contributed by atoms with van der Waals surface area (Å²) in [6.07, 6.45) is -0.0694. The van der Waals surface area contributed by atoms with Gasteiger partial charge in [0.2, 0.25) is 5.91 Å². The van der Waals surface area contributed by atoms with Gasteiger partial charge in [0.05, 0.1) is 12.7 Å². The number of nitrogens with one attached hydrogen (secondary N) is 1. The molecule has 0 bridgehead atoms. The second kappa shape index (κ2) is 6.86. The van der Waals surface area contributed by atoms with Gasteiger partial charge in [0.15, 0.2) is 0 Å². The van der Waals surface area contributed by atoms with Crippen molar-refractivity contribution in [3.63, 3.8) is 0 Å². The number of hydrogen-bond acceptors (Lipinski definition) is 5. The van der Waals surface area contributed by atoms with Crippen LogP contribution in [0.15, 0.2) is 0 Å². The van der Waals surface area contributed by atoms with E-state index >= 15 is 0 Å². The average molecular weight is 272 g/mol. The highest BCUT2D eigenvalue weighted by molar-refractivity contribution is 5.80. The van der Waals surface area contributed by atoms with Gasteiger partial charge in [-0.15, -0.1) is 0 Å².